The second-order valence-electron chi connectivity index (χ2n) is 5.84. The van der Waals surface area contributed by atoms with Crippen LogP contribution in [0.1, 0.15) is 18.4 Å². The van der Waals surface area contributed by atoms with E-state index >= 15 is 0 Å². The first kappa shape index (κ1) is 19.2. The highest BCUT2D eigenvalue weighted by Crippen LogP contribution is 2.28. The van der Waals surface area contributed by atoms with Crippen LogP contribution in [0.2, 0.25) is 5.02 Å². The topological polar surface area (TPSA) is 109 Å². The van der Waals surface area contributed by atoms with Gasteiger partial charge in [-0.3, -0.25) is 4.79 Å². The van der Waals surface area contributed by atoms with E-state index in [2.05, 4.69) is 0 Å². The molecule has 1 fully saturated rings. The van der Waals surface area contributed by atoms with Gasteiger partial charge in [0.05, 0.1) is 16.6 Å². The van der Waals surface area contributed by atoms with Crippen molar-refractivity contribution >= 4 is 37.4 Å². The maximum atomic E-state index is 12.8. The minimum absolute atomic E-state index is 0.0735. The van der Waals surface area contributed by atoms with Gasteiger partial charge in [0.1, 0.15) is 0 Å². The molecule has 10 heteroatoms. The summed E-state index contributed by atoms with van der Waals surface area (Å²) in [5.41, 5.74) is 0.155. The maximum Gasteiger partial charge on any atom is 0.306 e. The molecule has 0 amide bonds. The second kappa shape index (κ2) is 6.99. The number of benzene rings is 1. The Morgan fingerprint density at radius 1 is 1.25 bits per heavy atom. The van der Waals surface area contributed by atoms with Gasteiger partial charge in [-0.15, -0.1) is 0 Å². The van der Waals surface area contributed by atoms with Gasteiger partial charge < -0.3 is 5.11 Å². The van der Waals surface area contributed by atoms with Gasteiger partial charge in [-0.2, -0.15) is 4.31 Å². The van der Waals surface area contributed by atoms with Crippen molar-refractivity contribution in [2.75, 3.05) is 19.3 Å². The number of sulfone groups is 1. The number of halogens is 1. The summed E-state index contributed by atoms with van der Waals surface area (Å²) in [6.07, 6.45) is 1.46. The average Bonchev–Trinajstić information content (AvgIpc) is 2.47. The molecule has 0 aliphatic carbocycles. The predicted octanol–water partition coefficient (Wildman–Crippen LogP) is 1.37. The van der Waals surface area contributed by atoms with Crippen LogP contribution >= 0.6 is 11.6 Å². The van der Waals surface area contributed by atoms with E-state index in [1.165, 1.54) is 22.5 Å². The average molecular weight is 396 g/mol. The molecule has 7 nitrogen and oxygen atoms in total. The van der Waals surface area contributed by atoms with Gasteiger partial charge in [-0.1, -0.05) is 17.7 Å². The number of carbonyl (C=O) groups is 1. The molecule has 1 saturated heterocycles. The summed E-state index contributed by atoms with van der Waals surface area (Å²) in [7, 11) is -7.37. The zero-order valence-electron chi connectivity index (χ0n) is 13.0. The smallest absolute Gasteiger partial charge is 0.306 e. The van der Waals surface area contributed by atoms with Crippen LogP contribution < -0.4 is 0 Å². The van der Waals surface area contributed by atoms with Crippen molar-refractivity contribution in [1.82, 2.24) is 4.31 Å². The van der Waals surface area contributed by atoms with Crippen molar-refractivity contribution in [3.8, 4) is 0 Å². The number of piperidine rings is 1. The minimum Gasteiger partial charge on any atom is -0.481 e. The Balaban J connectivity index is 2.36. The molecular weight excluding hydrogens is 378 g/mol. The molecule has 1 aliphatic rings. The third-order valence-electron chi connectivity index (χ3n) is 3.87. The molecule has 1 N–H and O–H groups in total. The predicted molar refractivity (Wildman–Crippen MR) is 89.1 cm³/mol. The Morgan fingerprint density at radius 3 is 2.33 bits per heavy atom. The standard InChI is InChI=1S/C14H18ClNO6S2/c1-23(19,20)9-11-2-3-12(15)8-13(11)24(21,22)16-6-4-10(5-7-16)14(17)18/h2-3,8,10H,4-7,9H2,1H3,(H,17,18). The van der Waals surface area contributed by atoms with Crippen LogP contribution in [0, 0.1) is 5.92 Å². The Hall–Kier alpha value is -1.16. The third-order valence-corrected chi connectivity index (χ3v) is 6.92. The molecule has 1 aliphatic heterocycles. The lowest BCUT2D eigenvalue weighted by Gasteiger charge is -2.30. The van der Waals surface area contributed by atoms with Crippen LogP contribution in [0.5, 0.6) is 0 Å². The second-order valence-corrected chi connectivity index (χ2v) is 10.3. The number of nitrogens with zero attached hydrogens (tertiary/aromatic N) is 1. The van der Waals surface area contributed by atoms with Gasteiger partial charge in [0.25, 0.3) is 0 Å². The summed E-state index contributed by atoms with van der Waals surface area (Å²) in [6, 6.07) is 4.07. The van der Waals surface area contributed by atoms with Crippen molar-refractivity contribution in [1.29, 1.82) is 0 Å². The molecular formula is C14H18ClNO6S2. The number of sulfonamides is 1. The van der Waals surface area contributed by atoms with Crippen LogP contribution in [0.15, 0.2) is 23.1 Å². The number of hydrogen-bond acceptors (Lipinski definition) is 5. The molecule has 0 bridgehead atoms. The van der Waals surface area contributed by atoms with E-state index in [0.29, 0.717) is 0 Å². The van der Waals surface area contributed by atoms with E-state index in [1.807, 2.05) is 0 Å². The number of carboxylic acids is 1. The molecule has 1 aromatic carbocycles. The molecule has 0 radical (unpaired) electrons. The lowest BCUT2D eigenvalue weighted by Crippen LogP contribution is -2.40. The summed E-state index contributed by atoms with van der Waals surface area (Å²) in [5, 5.41) is 9.19. The highest BCUT2D eigenvalue weighted by Gasteiger charge is 2.33. The Morgan fingerprint density at radius 2 is 1.83 bits per heavy atom. The van der Waals surface area contributed by atoms with Gasteiger partial charge >= 0.3 is 5.97 Å². The number of carboxylic acid groups (broad SMARTS) is 1. The van der Waals surface area contributed by atoms with Crippen LogP contribution in [-0.2, 0) is 30.4 Å². The minimum atomic E-state index is -3.95. The zero-order valence-corrected chi connectivity index (χ0v) is 15.4. The van der Waals surface area contributed by atoms with E-state index in [-0.39, 0.29) is 41.4 Å². The first-order valence-corrected chi connectivity index (χ1v) is 11.1. The van der Waals surface area contributed by atoms with Gasteiger partial charge in [-0.05, 0) is 30.5 Å². The first-order valence-electron chi connectivity index (χ1n) is 7.20. The summed E-state index contributed by atoms with van der Waals surface area (Å²) in [4.78, 5) is 10.8. The van der Waals surface area contributed by atoms with Gasteiger partial charge in [0.2, 0.25) is 10.0 Å². The lowest BCUT2D eigenvalue weighted by molar-refractivity contribution is -0.142. The molecule has 0 unspecified atom stereocenters. The highest BCUT2D eigenvalue weighted by molar-refractivity contribution is 7.90. The largest absolute Gasteiger partial charge is 0.481 e. The van der Waals surface area contributed by atoms with Crippen LogP contribution in [0.3, 0.4) is 0 Å². The van der Waals surface area contributed by atoms with Crippen molar-refractivity contribution in [2.45, 2.75) is 23.5 Å². The van der Waals surface area contributed by atoms with E-state index in [9.17, 15) is 21.6 Å². The molecule has 1 heterocycles. The van der Waals surface area contributed by atoms with Gasteiger partial charge in [-0.25, -0.2) is 16.8 Å². The van der Waals surface area contributed by atoms with Crippen LogP contribution in [0.4, 0.5) is 0 Å². The quantitative estimate of drug-likeness (QED) is 0.806. The van der Waals surface area contributed by atoms with E-state index < -0.39 is 37.5 Å². The van der Waals surface area contributed by atoms with Crippen molar-refractivity contribution in [3.63, 3.8) is 0 Å². The number of rotatable bonds is 5. The summed E-state index contributed by atoms with van der Waals surface area (Å²) in [6.45, 7) is 0.147. The van der Waals surface area contributed by atoms with Crippen molar-refractivity contribution in [3.05, 3.63) is 28.8 Å². The third kappa shape index (κ3) is 4.47. The Kier molecular flexibility index (Phi) is 5.58. The summed E-state index contributed by atoms with van der Waals surface area (Å²) < 4.78 is 50.0. The number of aliphatic carboxylic acids is 1. The van der Waals surface area contributed by atoms with Crippen molar-refractivity contribution < 1.29 is 26.7 Å². The Labute approximate surface area is 146 Å². The molecule has 0 saturated carbocycles. The number of hydrogen-bond donors (Lipinski definition) is 1. The van der Waals surface area contributed by atoms with E-state index in [4.69, 9.17) is 16.7 Å². The molecule has 0 spiro atoms. The molecule has 134 valence electrons. The van der Waals surface area contributed by atoms with E-state index in [1.54, 1.807) is 0 Å². The molecule has 24 heavy (non-hydrogen) atoms. The molecule has 1 aromatic rings. The normalized spacial score (nSPS) is 17.8. The lowest BCUT2D eigenvalue weighted by atomic mass is 9.99. The van der Waals surface area contributed by atoms with Gasteiger partial charge in [0, 0.05) is 24.4 Å². The van der Waals surface area contributed by atoms with E-state index in [0.717, 1.165) is 6.26 Å². The van der Waals surface area contributed by atoms with Crippen LogP contribution in [-0.4, -0.2) is 51.6 Å². The zero-order chi connectivity index (χ0) is 18.1. The highest BCUT2D eigenvalue weighted by atomic mass is 35.5. The summed E-state index contributed by atoms with van der Waals surface area (Å²) >= 11 is 5.89. The monoisotopic (exact) mass is 395 g/mol. The van der Waals surface area contributed by atoms with Crippen LogP contribution in [0.25, 0.3) is 0 Å². The Bertz CT molecular complexity index is 842. The molecule has 0 atom stereocenters. The fourth-order valence-corrected chi connectivity index (χ4v) is 5.51. The molecule has 0 aromatic heterocycles. The van der Waals surface area contributed by atoms with Gasteiger partial charge in [0.15, 0.2) is 9.84 Å². The SMILES string of the molecule is CS(=O)(=O)Cc1ccc(Cl)cc1S(=O)(=O)N1CCC(C(=O)O)CC1. The summed E-state index contributed by atoms with van der Waals surface area (Å²) in [5.74, 6) is -1.91. The first-order chi connectivity index (χ1) is 11.0. The maximum absolute atomic E-state index is 12.8. The molecule has 2 rings (SSSR count). The fourth-order valence-electron chi connectivity index (χ4n) is 2.65. The fraction of sp³-hybridized carbons (Fsp3) is 0.500. The van der Waals surface area contributed by atoms with Crippen molar-refractivity contribution in [2.24, 2.45) is 5.92 Å².